The fourth-order valence-electron chi connectivity index (χ4n) is 3.69. The third kappa shape index (κ3) is 6.72. The number of piperidine rings is 1. The molecule has 0 bridgehead atoms. The van der Waals surface area contributed by atoms with Crippen LogP contribution in [0.4, 0.5) is 0 Å². The molecule has 1 aliphatic rings. The van der Waals surface area contributed by atoms with Crippen molar-refractivity contribution in [2.75, 3.05) is 19.6 Å². The molecule has 3 rings (SSSR count). The topological polar surface area (TPSA) is 82.5 Å². The molecule has 0 saturated carbocycles. The van der Waals surface area contributed by atoms with Crippen LogP contribution in [-0.4, -0.2) is 46.4 Å². The van der Waals surface area contributed by atoms with Crippen LogP contribution in [0.2, 0.25) is 0 Å². The first kappa shape index (κ1) is 21.6. The summed E-state index contributed by atoms with van der Waals surface area (Å²) in [5, 5.41) is 12.3. The fourth-order valence-corrected chi connectivity index (χ4v) is 3.69. The SMILES string of the molecule is O=C(/C=C/c1cccnc1)NCCCCC1CCN(C(=O)c2ccc(O)cc2)CC1. The van der Waals surface area contributed by atoms with Crippen molar-refractivity contribution in [3.63, 3.8) is 0 Å². The lowest BCUT2D eigenvalue weighted by atomic mass is 9.91. The molecule has 1 saturated heterocycles. The van der Waals surface area contributed by atoms with Gasteiger partial charge in [0.05, 0.1) is 0 Å². The van der Waals surface area contributed by atoms with Gasteiger partial charge in [0, 0.05) is 43.7 Å². The molecular weight excluding hydrogens is 378 g/mol. The van der Waals surface area contributed by atoms with E-state index < -0.39 is 0 Å². The molecule has 2 amide bonds. The number of hydrogen-bond donors (Lipinski definition) is 2. The number of pyridine rings is 1. The number of benzene rings is 1. The number of unbranched alkanes of at least 4 members (excludes halogenated alkanes) is 1. The number of aromatic nitrogens is 1. The van der Waals surface area contributed by atoms with Gasteiger partial charge in [0.2, 0.25) is 5.91 Å². The van der Waals surface area contributed by atoms with Crippen LogP contribution in [0.3, 0.4) is 0 Å². The molecule has 158 valence electrons. The maximum atomic E-state index is 12.5. The van der Waals surface area contributed by atoms with Crippen LogP contribution in [0.5, 0.6) is 5.75 Å². The van der Waals surface area contributed by atoms with E-state index in [9.17, 15) is 14.7 Å². The van der Waals surface area contributed by atoms with Crippen LogP contribution in [0.1, 0.15) is 48.0 Å². The Kier molecular flexibility index (Phi) is 8.01. The zero-order chi connectivity index (χ0) is 21.2. The summed E-state index contributed by atoms with van der Waals surface area (Å²) in [5.74, 6) is 0.761. The highest BCUT2D eigenvalue weighted by molar-refractivity contribution is 5.94. The number of likely N-dealkylation sites (tertiary alicyclic amines) is 1. The standard InChI is InChI=1S/C24H29N3O3/c28-22-9-7-21(8-10-22)24(30)27-16-12-19(13-17-27)4-1-2-15-26-23(29)11-6-20-5-3-14-25-18-20/h3,5-11,14,18-19,28H,1-2,4,12-13,15-17H2,(H,26,29)/b11-6+. The third-order valence-electron chi connectivity index (χ3n) is 5.47. The predicted octanol–water partition coefficient (Wildman–Crippen LogP) is 3.64. The smallest absolute Gasteiger partial charge is 0.253 e. The molecule has 2 aromatic rings. The summed E-state index contributed by atoms with van der Waals surface area (Å²) in [6, 6.07) is 10.2. The van der Waals surface area contributed by atoms with Gasteiger partial charge in [-0.25, -0.2) is 0 Å². The number of rotatable bonds is 8. The molecule has 0 atom stereocenters. The molecule has 6 nitrogen and oxygen atoms in total. The Labute approximate surface area is 177 Å². The van der Waals surface area contributed by atoms with Crippen molar-refractivity contribution < 1.29 is 14.7 Å². The molecule has 1 fully saturated rings. The van der Waals surface area contributed by atoms with E-state index in [1.54, 1.807) is 42.7 Å². The lowest BCUT2D eigenvalue weighted by Crippen LogP contribution is -2.38. The number of nitrogens with one attached hydrogen (secondary N) is 1. The van der Waals surface area contributed by atoms with Crippen LogP contribution in [-0.2, 0) is 4.79 Å². The second-order valence-corrected chi connectivity index (χ2v) is 7.69. The first-order valence-electron chi connectivity index (χ1n) is 10.6. The van der Waals surface area contributed by atoms with Crippen molar-refractivity contribution in [2.45, 2.75) is 32.1 Å². The Morgan fingerprint density at radius 1 is 1.13 bits per heavy atom. The van der Waals surface area contributed by atoms with E-state index in [0.717, 1.165) is 50.8 Å². The normalized spacial score (nSPS) is 14.7. The zero-order valence-corrected chi connectivity index (χ0v) is 17.2. The van der Waals surface area contributed by atoms with Gasteiger partial charge >= 0.3 is 0 Å². The van der Waals surface area contributed by atoms with E-state index in [2.05, 4.69) is 10.3 Å². The second kappa shape index (κ2) is 11.1. The van der Waals surface area contributed by atoms with E-state index in [-0.39, 0.29) is 17.6 Å². The van der Waals surface area contributed by atoms with Gasteiger partial charge in [-0.2, -0.15) is 0 Å². The molecule has 6 heteroatoms. The van der Waals surface area contributed by atoms with Gasteiger partial charge in [-0.1, -0.05) is 18.9 Å². The summed E-state index contributed by atoms with van der Waals surface area (Å²) in [7, 11) is 0. The monoisotopic (exact) mass is 407 g/mol. The first-order chi connectivity index (χ1) is 14.6. The van der Waals surface area contributed by atoms with Crippen molar-refractivity contribution in [3.8, 4) is 5.75 Å². The molecule has 0 spiro atoms. The Morgan fingerprint density at radius 2 is 1.90 bits per heavy atom. The largest absolute Gasteiger partial charge is 0.508 e. The van der Waals surface area contributed by atoms with Gasteiger partial charge in [0.25, 0.3) is 5.91 Å². The van der Waals surface area contributed by atoms with Crippen molar-refractivity contribution >= 4 is 17.9 Å². The molecule has 2 heterocycles. The van der Waals surface area contributed by atoms with Gasteiger partial charge < -0.3 is 15.3 Å². The van der Waals surface area contributed by atoms with Crippen molar-refractivity contribution in [2.24, 2.45) is 5.92 Å². The summed E-state index contributed by atoms with van der Waals surface area (Å²) in [6.45, 7) is 2.23. The quantitative estimate of drug-likeness (QED) is 0.517. The van der Waals surface area contributed by atoms with Gasteiger partial charge in [-0.05, 0) is 67.2 Å². The van der Waals surface area contributed by atoms with Crippen molar-refractivity contribution in [3.05, 3.63) is 66.0 Å². The van der Waals surface area contributed by atoms with Crippen molar-refractivity contribution in [1.29, 1.82) is 0 Å². The van der Waals surface area contributed by atoms with Gasteiger partial charge in [0.15, 0.2) is 0 Å². The molecule has 2 N–H and O–H groups in total. The van der Waals surface area contributed by atoms with E-state index >= 15 is 0 Å². The number of amides is 2. The summed E-state index contributed by atoms with van der Waals surface area (Å²) >= 11 is 0. The van der Waals surface area contributed by atoms with Crippen LogP contribution in [0.15, 0.2) is 54.9 Å². The van der Waals surface area contributed by atoms with E-state index in [1.807, 2.05) is 17.0 Å². The van der Waals surface area contributed by atoms with Gasteiger partial charge in [-0.3, -0.25) is 14.6 Å². The van der Waals surface area contributed by atoms with E-state index in [0.29, 0.717) is 18.0 Å². The minimum atomic E-state index is -0.0834. The summed E-state index contributed by atoms with van der Waals surface area (Å²) in [5.41, 5.74) is 1.53. The average Bonchev–Trinajstić information content (AvgIpc) is 2.78. The number of nitrogens with zero attached hydrogens (tertiary/aromatic N) is 2. The van der Waals surface area contributed by atoms with E-state index in [4.69, 9.17) is 0 Å². The molecule has 1 aromatic heterocycles. The lowest BCUT2D eigenvalue weighted by molar-refractivity contribution is -0.116. The molecule has 1 aromatic carbocycles. The zero-order valence-electron chi connectivity index (χ0n) is 17.2. The minimum Gasteiger partial charge on any atom is -0.508 e. The second-order valence-electron chi connectivity index (χ2n) is 7.69. The molecule has 1 aliphatic heterocycles. The van der Waals surface area contributed by atoms with Crippen molar-refractivity contribution in [1.82, 2.24) is 15.2 Å². The average molecular weight is 408 g/mol. The number of phenolic OH excluding ortho intramolecular Hbond substituents is 1. The molecule has 30 heavy (non-hydrogen) atoms. The summed E-state index contributed by atoms with van der Waals surface area (Å²) in [6.07, 6.45) is 11.9. The van der Waals surface area contributed by atoms with Gasteiger partial charge in [-0.15, -0.1) is 0 Å². The highest BCUT2D eigenvalue weighted by Crippen LogP contribution is 2.24. The molecule has 0 radical (unpaired) electrons. The first-order valence-corrected chi connectivity index (χ1v) is 10.6. The predicted molar refractivity (Wildman–Crippen MR) is 117 cm³/mol. The number of phenols is 1. The molecule has 0 aliphatic carbocycles. The number of carbonyl (C=O) groups is 2. The van der Waals surface area contributed by atoms with Crippen LogP contribution < -0.4 is 5.32 Å². The minimum absolute atomic E-state index is 0.0375. The Morgan fingerprint density at radius 3 is 2.60 bits per heavy atom. The highest BCUT2D eigenvalue weighted by atomic mass is 16.3. The number of aromatic hydroxyl groups is 1. The molecular formula is C24H29N3O3. The Hall–Kier alpha value is -3.15. The van der Waals surface area contributed by atoms with Crippen LogP contribution in [0, 0.1) is 5.92 Å². The fraction of sp³-hybridized carbons (Fsp3) is 0.375. The Bertz CT molecular complexity index is 842. The summed E-state index contributed by atoms with van der Waals surface area (Å²) in [4.78, 5) is 30.3. The van der Waals surface area contributed by atoms with Crippen LogP contribution in [0.25, 0.3) is 6.08 Å². The van der Waals surface area contributed by atoms with E-state index in [1.165, 1.54) is 6.08 Å². The molecule has 0 unspecified atom stereocenters. The number of hydrogen-bond acceptors (Lipinski definition) is 4. The van der Waals surface area contributed by atoms with Gasteiger partial charge in [0.1, 0.15) is 5.75 Å². The van der Waals surface area contributed by atoms with Crippen LogP contribution >= 0.6 is 0 Å². The summed E-state index contributed by atoms with van der Waals surface area (Å²) < 4.78 is 0. The maximum absolute atomic E-state index is 12.5. The maximum Gasteiger partial charge on any atom is 0.253 e. The third-order valence-corrected chi connectivity index (χ3v) is 5.47. The Balaban J connectivity index is 1.28. The highest BCUT2D eigenvalue weighted by Gasteiger charge is 2.23. The number of carbonyl (C=O) groups excluding carboxylic acids is 2. The lowest BCUT2D eigenvalue weighted by Gasteiger charge is -2.32.